The fourth-order valence-corrected chi connectivity index (χ4v) is 5.54. The number of alkyl carbamates (subject to hydrolysis) is 1. The summed E-state index contributed by atoms with van der Waals surface area (Å²) in [6.07, 6.45) is 2.27. The molecule has 2 saturated heterocycles. The van der Waals surface area contributed by atoms with Crippen LogP contribution in [0.1, 0.15) is 78.6 Å². The zero-order valence-corrected chi connectivity index (χ0v) is 30.2. The third kappa shape index (κ3) is 10.5. The van der Waals surface area contributed by atoms with E-state index >= 15 is 0 Å². The van der Waals surface area contributed by atoms with E-state index in [2.05, 4.69) is 16.1 Å². The summed E-state index contributed by atoms with van der Waals surface area (Å²) in [5.74, 6) is -3.58. The van der Waals surface area contributed by atoms with Crippen molar-refractivity contribution in [3.63, 3.8) is 0 Å². The van der Waals surface area contributed by atoms with Crippen molar-refractivity contribution in [2.24, 2.45) is 5.92 Å². The predicted octanol–water partition coefficient (Wildman–Crippen LogP) is 3.27. The average molecular weight is 712 g/mol. The van der Waals surface area contributed by atoms with E-state index in [4.69, 9.17) is 23.9 Å². The molecule has 4 N–H and O–H groups in total. The van der Waals surface area contributed by atoms with E-state index < -0.39 is 71.2 Å². The number of nitrogens with zero attached hydrogens (tertiary/aromatic N) is 2. The molecule has 15 heteroatoms. The van der Waals surface area contributed by atoms with Crippen LogP contribution in [0.15, 0.2) is 36.4 Å². The molecule has 0 saturated carbocycles. The molecule has 1 aromatic carbocycles. The lowest BCUT2D eigenvalue weighted by atomic mass is 10.0. The lowest BCUT2D eigenvalue weighted by Crippen LogP contribution is -2.60. The Morgan fingerprint density at radius 3 is 2.45 bits per heavy atom. The summed E-state index contributed by atoms with van der Waals surface area (Å²) in [7, 11) is 0. The maximum absolute atomic E-state index is 13.8. The largest absolute Gasteiger partial charge is 0.480 e. The first-order valence-corrected chi connectivity index (χ1v) is 17.1. The highest BCUT2D eigenvalue weighted by Crippen LogP contribution is 2.26. The molecule has 4 rings (SSSR count). The van der Waals surface area contributed by atoms with Crippen LogP contribution in [0, 0.1) is 5.92 Å². The molecule has 15 nitrogen and oxygen atoms in total. The molecule has 0 aliphatic carbocycles. The van der Waals surface area contributed by atoms with Gasteiger partial charge in [0.2, 0.25) is 5.60 Å². The first kappa shape index (κ1) is 39.2. The van der Waals surface area contributed by atoms with Crippen LogP contribution >= 0.6 is 0 Å². The summed E-state index contributed by atoms with van der Waals surface area (Å²) >= 11 is 0. The number of pyridine rings is 1. The number of ether oxygens (including phenoxy) is 4. The Hall–Kier alpha value is -4.60. The van der Waals surface area contributed by atoms with Gasteiger partial charge in [-0.2, -0.15) is 0 Å². The second-order valence-electron chi connectivity index (χ2n) is 14.1. The van der Waals surface area contributed by atoms with E-state index in [9.17, 15) is 29.1 Å². The molecule has 3 amide bonds. The Bertz CT molecular complexity index is 1630. The topological polar surface area (TPSA) is 195 Å². The molecular formula is C36H49N5O10. The minimum atomic E-state index is -1.66. The number of aliphatic carboxylic acids is 1. The smallest absolute Gasteiger partial charge is 0.408 e. The minimum Gasteiger partial charge on any atom is -0.480 e. The highest BCUT2D eigenvalue weighted by Gasteiger charge is 2.44. The van der Waals surface area contributed by atoms with E-state index in [0.29, 0.717) is 29.6 Å². The average Bonchev–Trinajstić information content (AvgIpc) is 3.08. The van der Waals surface area contributed by atoms with E-state index in [-0.39, 0.29) is 26.4 Å². The van der Waals surface area contributed by atoms with Gasteiger partial charge in [0.1, 0.15) is 17.7 Å². The number of amides is 3. The Morgan fingerprint density at radius 2 is 1.80 bits per heavy atom. The predicted molar refractivity (Wildman–Crippen MR) is 186 cm³/mol. The summed E-state index contributed by atoms with van der Waals surface area (Å²) in [5.41, 5.74) is 2.37. The van der Waals surface area contributed by atoms with Gasteiger partial charge in [0.15, 0.2) is 6.10 Å². The first-order valence-electron chi connectivity index (χ1n) is 17.1. The monoisotopic (exact) mass is 711 g/mol. The zero-order valence-electron chi connectivity index (χ0n) is 30.2. The number of hydrogen-bond acceptors (Lipinski definition) is 11. The fraction of sp³-hybridized carbons (Fsp3) is 0.556. The number of aromatic nitrogens is 1. The van der Waals surface area contributed by atoms with Gasteiger partial charge in [-0.1, -0.05) is 38.1 Å². The number of nitrogens with one attached hydrogen (secondary N) is 3. The van der Waals surface area contributed by atoms with E-state index in [1.807, 2.05) is 37.3 Å². The van der Waals surface area contributed by atoms with Crippen LogP contribution in [0.25, 0.3) is 17.0 Å². The number of benzene rings is 1. The number of carboxylic acids is 1. The second kappa shape index (κ2) is 16.6. The van der Waals surface area contributed by atoms with Crippen molar-refractivity contribution < 1.29 is 48.0 Å². The standard InChI is InChI=1S/C36H49N5O10/c1-21(2)29(30(42)37-23(4)31(43)41-16-8-9-27(40-41)32(44)45)50-33(46)36(20-48-17-18-49-36)15-14-24-10-11-25-12-13-26(39-28(25)19-24)22(3)38-34(47)51-35(5,6)7/h10-15,19,21-23,27,29,40H,8-9,16-18,20H2,1-7H3,(H,37,42)(H,38,47)(H,44,45)/b15-14+/t22-,23+,27+,29?,36?/m1/s1. The van der Waals surface area contributed by atoms with E-state index in [0.717, 1.165) is 5.39 Å². The summed E-state index contributed by atoms with van der Waals surface area (Å²) in [6, 6.07) is 6.93. The van der Waals surface area contributed by atoms with Gasteiger partial charge in [0.05, 0.1) is 37.1 Å². The second-order valence-corrected chi connectivity index (χ2v) is 14.1. The van der Waals surface area contributed by atoms with E-state index in [1.54, 1.807) is 40.7 Å². The van der Waals surface area contributed by atoms with Crippen molar-refractivity contribution in [1.82, 2.24) is 26.1 Å². The third-order valence-corrected chi connectivity index (χ3v) is 8.29. The number of esters is 1. The molecule has 1 aromatic heterocycles. The van der Waals surface area contributed by atoms with Crippen molar-refractivity contribution in [2.75, 3.05) is 26.4 Å². The van der Waals surface area contributed by atoms with Crippen molar-refractivity contribution in [2.45, 2.75) is 96.7 Å². The molecule has 0 spiro atoms. The molecule has 278 valence electrons. The van der Waals surface area contributed by atoms with Gasteiger partial charge >= 0.3 is 18.0 Å². The highest BCUT2D eigenvalue weighted by atomic mass is 16.6. The molecule has 0 bridgehead atoms. The van der Waals surface area contributed by atoms with Gasteiger partial charge < -0.3 is 34.7 Å². The molecule has 2 unspecified atom stereocenters. The first-order chi connectivity index (χ1) is 24.0. The van der Waals surface area contributed by atoms with Gasteiger partial charge in [-0.25, -0.2) is 15.0 Å². The lowest BCUT2D eigenvalue weighted by Gasteiger charge is -2.35. The normalized spacial score (nSPS) is 21.5. The van der Waals surface area contributed by atoms with Gasteiger partial charge in [0, 0.05) is 11.9 Å². The Balaban J connectivity index is 1.47. The van der Waals surface area contributed by atoms with Crippen LogP contribution in [0.4, 0.5) is 4.79 Å². The Kier molecular flexibility index (Phi) is 12.8. The quantitative estimate of drug-likeness (QED) is 0.249. The molecule has 3 heterocycles. The van der Waals surface area contributed by atoms with Crippen LogP contribution < -0.4 is 16.1 Å². The van der Waals surface area contributed by atoms with Crippen LogP contribution in [0.2, 0.25) is 0 Å². The van der Waals surface area contributed by atoms with Crippen molar-refractivity contribution in [1.29, 1.82) is 0 Å². The molecular weight excluding hydrogens is 662 g/mol. The molecule has 2 aromatic rings. The van der Waals surface area contributed by atoms with Crippen LogP contribution in [-0.2, 0) is 38.1 Å². The maximum atomic E-state index is 13.8. The number of carbonyl (C=O) groups excluding carboxylic acids is 4. The summed E-state index contributed by atoms with van der Waals surface area (Å²) < 4.78 is 22.7. The van der Waals surface area contributed by atoms with Gasteiger partial charge in [-0.15, -0.1) is 0 Å². The third-order valence-electron chi connectivity index (χ3n) is 8.29. The zero-order chi connectivity index (χ0) is 37.5. The summed E-state index contributed by atoms with van der Waals surface area (Å²) in [4.78, 5) is 68.6. The van der Waals surface area contributed by atoms with Crippen molar-refractivity contribution >= 4 is 46.8 Å². The fourth-order valence-electron chi connectivity index (χ4n) is 5.54. The number of hydrazine groups is 1. The number of carboxylic acid groups (broad SMARTS) is 1. The summed E-state index contributed by atoms with van der Waals surface area (Å²) in [6.45, 7) is 12.6. The van der Waals surface area contributed by atoms with Crippen LogP contribution in [-0.4, -0.2) is 101 Å². The number of fused-ring (bicyclic) bond motifs is 1. The van der Waals surface area contributed by atoms with Crippen LogP contribution in [0.5, 0.6) is 0 Å². The molecule has 2 fully saturated rings. The van der Waals surface area contributed by atoms with Gasteiger partial charge in [-0.05, 0) is 77.2 Å². The Morgan fingerprint density at radius 1 is 1.08 bits per heavy atom. The highest BCUT2D eigenvalue weighted by molar-refractivity contribution is 5.92. The molecule has 2 aliphatic heterocycles. The molecule has 0 radical (unpaired) electrons. The summed E-state index contributed by atoms with van der Waals surface area (Å²) in [5, 5.41) is 16.8. The molecule has 2 aliphatic rings. The molecule has 51 heavy (non-hydrogen) atoms. The lowest BCUT2D eigenvalue weighted by molar-refractivity contribution is -0.195. The SMILES string of the molecule is CC(C)C(OC(=O)C1(/C=C/c2ccc3ccc([C@@H](C)NC(=O)OC(C)(C)C)nc3c2)COCCO1)C(=O)N[C@@H](C)C(=O)N1CCC[C@@H](C(=O)O)N1. The number of hydrogen-bond donors (Lipinski definition) is 4. The minimum absolute atomic E-state index is 0.106. The maximum Gasteiger partial charge on any atom is 0.408 e. The molecule has 5 atom stereocenters. The number of rotatable bonds is 11. The number of carbonyl (C=O) groups is 5. The van der Waals surface area contributed by atoms with Crippen molar-refractivity contribution in [3.8, 4) is 0 Å². The van der Waals surface area contributed by atoms with E-state index in [1.165, 1.54) is 18.0 Å². The van der Waals surface area contributed by atoms with Crippen LogP contribution in [0.3, 0.4) is 0 Å². The van der Waals surface area contributed by atoms with Gasteiger partial charge in [0.25, 0.3) is 11.8 Å². The Labute approximate surface area is 297 Å². The van der Waals surface area contributed by atoms with Crippen molar-refractivity contribution in [3.05, 3.63) is 47.7 Å². The van der Waals surface area contributed by atoms with Gasteiger partial charge in [-0.3, -0.25) is 24.4 Å².